The van der Waals surface area contributed by atoms with Crippen molar-refractivity contribution in [1.82, 2.24) is 0 Å². The summed E-state index contributed by atoms with van der Waals surface area (Å²) < 4.78 is 9.05. The molecule has 0 atom stereocenters. The Morgan fingerprint density at radius 1 is 0.933 bits per heavy atom. The monoisotopic (exact) mass is 218 g/mol. The number of carbonyl (C=O) groups is 2. The van der Waals surface area contributed by atoms with Gasteiger partial charge in [-0.05, 0) is 12.1 Å². The number of benzene rings is 1. The van der Waals surface area contributed by atoms with E-state index in [0.717, 1.165) is 0 Å². The van der Waals surface area contributed by atoms with E-state index in [9.17, 15) is 9.59 Å². The van der Waals surface area contributed by atoms with E-state index < -0.39 is 11.9 Å². The van der Waals surface area contributed by atoms with Gasteiger partial charge in [0.2, 0.25) is 0 Å². The predicted molar refractivity (Wildman–Crippen MR) is 56.3 cm³/mol. The molecular formula is C10H11NaO4. The summed E-state index contributed by atoms with van der Waals surface area (Å²) in [6.07, 6.45) is 0. The molecule has 0 radical (unpaired) electrons. The second-order valence-corrected chi connectivity index (χ2v) is 2.53. The summed E-state index contributed by atoms with van der Waals surface area (Å²) in [5.74, 6) is -1.10. The average molecular weight is 218 g/mol. The summed E-state index contributed by atoms with van der Waals surface area (Å²) in [6, 6.07) is 6.33. The normalized spacial score (nSPS) is 8.67. The first-order valence-corrected chi connectivity index (χ1v) is 3.96. The van der Waals surface area contributed by atoms with Crippen molar-refractivity contribution in [2.45, 2.75) is 0 Å². The van der Waals surface area contributed by atoms with Gasteiger partial charge in [-0.2, -0.15) is 0 Å². The summed E-state index contributed by atoms with van der Waals surface area (Å²) in [5, 5.41) is 0. The number of ether oxygens (including phenoxy) is 2. The van der Waals surface area contributed by atoms with Crippen LogP contribution < -0.4 is 0 Å². The topological polar surface area (TPSA) is 52.6 Å². The molecule has 1 aromatic rings. The van der Waals surface area contributed by atoms with E-state index in [1.807, 2.05) is 0 Å². The van der Waals surface area contributed by atoms with E-state index in [1.54, 1.807) is 12.1 Å². The number of rotatable bonds is 2. The summed E-state index contributed by atoms with van der Waals surface area (Å²) in [5.41, 5.74) is 0.420. The van der Waals surface area contributed by atoms with Crippen LogP contribution in [-0.4, -0.2) is 55.7 Å². The predicted octanol–water partition coefficient (Wildman–Crippen LogP) is 0.611. The van der Waals surface area contributed by atoms with Crippen LogP contribution in [0.1, 0.15) is 20.7 Å². The van der Waals surface area contributed by atoms with Gasteiger partial charge in [0.25, 0.3) is 0 Å². The Bertz CT molecular complexity index is 327. The van der Waals surface area contributed by atoms with Crippen molar-refractivity contribution in [1.29, 1.82) is 0 Å². The van der Waals surface area contributed by atoms with Crippen LogP contribution >= 0.6 is 0 Å². The summed E-state index contributed by atoms with van der Waals surface area (Å²) >= 11 is 0. The molecule has 0 amide bonds. The zero-order valence-electron chi connectivity index (χ0n) is 7.94. The van der Waals surface area contributed by atoms with E-state index in [-0.39, 0.29) is 40.7 Å². The second-order valence-electron chi connectivity index (χ2n) is 2.53. The first kappa shape index (κ1) is 14.2. The first-order valence-electron chi connectivity index (χ1n) is 3.96. The molecule has 0 fully saturated rings. The van der Waals surface area contributed by atoms with Gasteiger partial charge in [0, 0.05) is 0 Å². The van der Waals surface area contributed by atoms with Crippen molar-refractivity contribution in [3.8, 4) is 0 Å². The van der Waals surface area contributed by atoms with Gasteiger partial charge < -0.3 is 9.47 Å². The van der Waals surface area contributed by atoms with Crippen LogP contribution in [0.2, 0.25) is 0 Å². The van der Waals surface area contributed by atoms with E-state index in [4.69, 9.17) is 0 Å². The van der Waals surface area contributed by atoms with E-state index in [2.05, 4.69) is 9.47 Å². The minimum absolute atomic E-state index is 0. The molecule has 4 nitrogen and oxygen atoms in total. The van der Waals surface area contributed by atoms with Crippen molar-refractivity contribution in [2.75, 3.05) is 14.2 Å². The molecule has 76 valence electrons. The molecule has 0 aliphatic rings. The molecule has 0 unspecified atom stereocenters. The van der Waals surface area contributed by atoms with Gasteiger partial charge >= 0.3 is 41.5 Å². The number of carbonyl (C=O) groups excluding carboxylic acids is 2. The molecule has 0 spiro atoms. The van der Waals surface area contributed by atoms with E-state index >= 15 is 0 Å². The Hall–Kier alpha value is -0.840. The number of esters is 2. The Morgan fingerprint density at radius 2 is 1.27 bits per heavy atom. The molecule has 0 saturated heterocycles. The van der Waals surface area contributed by atoms with Gasteiger partial charge in [0.1, 0.15) is 0 Å². The van der Waals surface area contributed by atoms with Crippen LogP contribution in [0.3, 0.4) is 0 Å². The fourth-order valence-electron chi connectivity index (χ4n) is 1.06. The second kappa shape index (κ2) is 6.61. The van der Waals surface area contributed by atoms with Crippen LogP contribution in [0.15, 0.2) is 24.3 Å². The molecule has 15 heavy (non-hydrogen) atoms. The van der Waals surface area contributed by atoms with E-state index in [1.165, 1.54) is 26.4 Å². The number of hydrogen-bond donors (Lipinski definition) is 0. The van der Waals surface area contributed by atoms with Crippen molar-refractivity contribution in [3.63, 3.8) is 0 Å². The molecule has 0 saturated carbocycles. The molecule has 1 rings (SSSR count). The molecule has 1 aromatic carbocycles. The third kappa shape index (κ3) is 3.34. The molecule has 0 N–H and O–H groups in total. The van der Waals surface area contributed by atoms with Crippen molar-refractivity contribution < 1.29 is 19.1 Å². The molecule has 0 aromatic heterocycles. The fraction of sp³-hybridized carbons (Fsp3) is 0.200. The van der Waals surface area contributed by atoms with Crippen LogP contribution in [-0.2, 0) is 9.47 Å². The standard InChI is InChI=1S/C10H10O4.Na.H/c1-13-9(11)7-5-3-4-6-8(7)10(12)14-2;;/h3-6H,1-2H3;;. The Morgan fingerprint density at radius 3 is 1.53 bits per heavy atom. The summed E-state index contributed by atoms with van der Waals surface area (Å²) in [6.45, 7) is 0. The quantitative estimate of drug-likeness (QED) is 0.539. The van der Waals surface area contributed by atoms with Gasteiger partial charge in [-0.3, -0.25) is 0 Å². The number of methoxy groups -OCH3 is 2. The Balaban J connectivity index is 0.00000196. The zero-order chi connectivity index (χ0) is 10.6. The SMILES string of the molecule is COC(=O)c1ccccc1C(=O)OC.[NaH]. The Kier molecular flexibility index (Phi) is 6.24. The molecule has 5 heteroatoms. The Labute approximate surface area is 110 Å². The van der Waals surface area contributed by atoms with Crippen LogP contribution in [0.4, 0.5) is 0 Å². The van der Waals surface area contributed by atoms with Crippen molar-refractivity contribution >= 4 is 41.5 Å². The zero-order valence-corrected chi connectivity index (χ0v) is 7.94. The van der Waals surface area contributed by atoms with Gasteiger partial charge in [0.05, 0.1) is 25.3 Å². The van der Waals surface area contributed by atoms with Gasteiger partial charge in [-0.15, -0.1) is 0 Å². The fourth-order valence-corrected chi connectivity index (χ4v) is 1.06. The minimum atomic E-state index is -0.550. The van der Waals surface area contributed by atoms with Crippen LogP contribution in [0.25, 0.3) is 0 Å². The summed E-state index contributed by atoms with van der Waals surface area (Å²) in [4.78, 5) is 22.4. The molecule has 0 heterocycles. The van der Waals surface area contributed by atoms with Crippen LogP contribution in [0.5, 0.6) is 0 Å². The molecule has 0 aliphatic heterocycles. The van der Waals surface area contributed by atoms with Gasteiger partial charge in [-0.1, -0.05) is 12.1 Å². The maximum atomic E-state index is 11.2. The maximum absolute atomic E-state index is 11.2. The van der Waals surface area contributed by atoms with E-state index in [0.29, 0.717) is 0 Å². The average Bonchev–Trinajstić information content (AvgIpc) is 2.27. The van der Waals surface area contributed by atoms with Crippen molar-refractivity contribution in [2.24, 2.45) is 0 Å². The molecular weight excluding hydrogens is 207 g/mol. The third-order valence-electron chi connectivity index (χ3n) is 1.74. The first-order chi connectivity index (χ1) is 6.70. The third-order valence-corrected chi connectivity index (χ3v) is 1.74. The van der Waals surface area contributed by atoms with Crippen molar-refractivity contribution in [3.05, 3.63) is 35.4 Å². The number of hydrogen-bond acceptors (Lipinski definition) is 4. The van der Waals surface area contributed by atoms with Crippen LogP contribution in [0, 0.1) is 0 Å². The molecule has 0 aliphatic carbocycles. The van der Waals surface area contributed by atoms with Gasteiger partial charge in [0.15, 0.2) is 0 Å². The van der Waals surface area contributed by atoms with Gasteiger partial charge in [-0.25, -0.2) is 9.59 Å². The summed E-state index contributed by atoms with van der Waals surface area (Å²) in [7, 11) is 2.52. The molecule has 0 bridgehead atoms.